The number of rotatable bonds is 5. The lowest BCUT2D eigenvalue weighted by molar-refractivity contribution is -0.121. The molecule has 1 fully saturated rings. The van der Waals surface area contributed by atoms with Crippen molar-refractivity contribution in [3.63, 3.8) is 0 Å². The Balaban J connectivity index is 1.89. The molecule has 3 N–H and O–H groups in total. The van der Waals surface area contributed by atoms with E-state index in [-0.39, 0.29) is 17.4 Å². The number of nitrogens with one attached hydrogen (secondary N) is 1. The van der Waals surface area contributed by atoms with Crippen LogP contribution in [0, 0.1) is 6.42 Å². The highest BCUT2D eigenvalue weighted by Gasteiger charge is 2.39. The summed E-state index contributed by atoms with van der Waals surface area (Å²) >= 11 is 6.22. The van der Waals surface area contributed by atoms with E-state index in [0.717, 1.165) is 24.9 Å². The van der Waals surface area contributed by atoms with E-state index in [1.807, 2.05) is 36.4 Å². The fourth-order valence-corrected chi connectivity index (χ4v) is 3.69. The van der Waals surface area contributed by atoms with Gasteiger partial charge >= 0.3 is 0 Å². The first-order chi connectivity index (χ1) is 11.6. The molecule has 2 aromatic rings. The molecular weight excluding hydrogens is 320 g/mol. The fraction of sp³-hybridized carbons (Fsp3) is 0.300. The summed E-state index contributed by atoms with van der Waals surface area (Å²) < 4.78 is 0. The fourth-order valence-electron chi connectivity index (χ4n) is 3.50. The second-order valence-corrected chi connectivity index (χ2v) is 6.86. The van der Waals surface area contributed by atoms with Gasteiger partial charge in [0.2, 0.25) is 5.91 Å². The van der Waals surface area contributed by atoms with Gasteiger partial charge < -0.3 is 11.1 Å². The number of carbonyl (C=O) groups excluding carboxylic acids is 1. The highest BCUT2D eigenvalue weighted by molar-refractivity contribution is 6.30. The van der Waals surface area contributed by atoms with Crippen molar-refractivity contribution in [2.24, 2.45) is 5.73 Å². The third-order valence-corrected chi connectivity index (χ3v) is 5.08. The van der Waals surface area contributed by atoms with Crippen LogP contribution in [0.15, 0.2) is 54.6 Å². The predicted molar refractivity (Wildman–Crippen MR) is 97.8 cm³/mol. The van der Waals surface area contributed by atoms with Gasteiger partial charge in [0.05, 0.1) is 6.04 Å². The van der Waals surface area contributed by atoms with E-state index in [4.69, 9.17) is 17.3 Å². The van der Waals surface area contributed by atoms with Gasteiger partial charge in [0.15, 0.2) is 0 Å². The summed E-state index contributed by atoms with van der Waals surface area (Å²) in [7, 11) is 0. The van der Waals surface area contributed by atoms with Crippen LogP contribution in [0.3, 0.4) is 0 Å². The highest BCUT2D eigenvalue weighted by Crippen LogP contribution is 2.39. The second-order valence-electron chi connectivity index (χ2n) is 6.42. The van der Waals surface area contributed by atoms with E-state index in [1.165, 1.54) is 5.56 Å². The van der Waals surface area contributed by atoms with Gasteiger partial charge in [0.1, 0.15) is 0 Å². The molecule has 1 heterocycles. The summed E-state index contributed by atoms with van der Waals surface area (Å²) in [5.41, 5.74) is 7.77. The number of carbonyl (C=O) groups is 1. The van der Waals surface area contributed by atoms with Gasteiger partial charge in [-0.3, -0.25) is 4.79 Å². The molecule has 0 aromatic heterocycles. The molecule has 2 atom stereocenters. The third kappa shape index (κ3) is 3.80. The number of piperidine rings is 1. The average Bonchev–Trinajstić information content (AvgIpc) is 2.61. The van der Waals surface area contributed by atoms with Crippen LogP contribution in [0.4, 0.5) is 0 Å². The number of primary amides is 1. The van der Waals surface area contributed by atoms with Crippen LogP contribution in [0.5, 0.6) is 0 Å². The Morgan fingerprint density at radius 1 is 1.25 bits per heavy atom. The van der Waals surface area contributed by atoms with E-state index < -0.39 is 0 Å². The second kappa shape index (κ2) is 7.37. The van der Waals surface area contributed by atoms with E-state index >= 15 is 0 Å². The van der Waals surface area contributed by atoms with Crippen molar-refractivity contribution in [1.29, 1.82) is 0 Å². The average molecular weight is 342 g/mol. The van der Waals surface area contributed by atoms with Crippen LogP contribution >= 0.6 is 11.6 Å². The quantitative estimate of drug-likeness (QED) is 0.877. The molecule has 0 saturated carbocycles. The minimum Gasteiger partial charge on any atom is -0.368 e. The molecular formula is C20H22ClN2O. The molecule has 0 bridgehead atoms. The van der Waals surface area contributed by atoms with Crippen molar-refractivity contribution in [1.82, 2.24) is 5.32 Å². The van der Waals surface area contributed by atoms with Crippen LogP contribution in [-0.2, 0) is 16.6 Å². The molecule has 125 valence electrons. The van der Waals surface area contributed by atoms with Crippen LogP contribution in [-0.4, -0.2) is 18.5 Å². The number of hydrogen-bond acceptors (Lipinski definition) is 2. The molecule has 1 saturated heterocycles. The first-order valence-corrected chi connectivity index (χ1v) is 8.64. The van der Waals surface area contributed by atoms with Crippen LogP contribution in [0.1, 0.15) is 24.0 Å². The molecule has 0 aliphatic carbocycles. The van der Waals surface area contributed by atoms with Crippen molar-refractivity contribution in [2.45, 2.75) is 30.7 Å². The largest absolute Gasteiger partial charge is 0.368 e. The molecule has 1 radical (unpaired) electrons. The molecule has 2 unspecified atom stereocenters. The maximum atomic E-state index is 11.7. The lowest BCUT2D eigenvalue weighted by Crippen LogP contribution is -2.52. The summed E-state index contributed by atoms with van der Waals surface area (Å²) in [4.78, 5) is 11.7. The van der Waals surface area contributed by atoms with Crippen LogP contribution in [0.2, 0.25) is 5.02 Å². The Kier molecular flexibility index (Phi) is 5.22. The highest BCUT2D eigenvalue weighted by atomic mass is 35.5. The van der Waals surface area contributed by atoms with Gasteiger partial charge in [-0.25, -0.2) is 0 Å². The lowest BCUT2D eigenvalue weighted by atomic mass is 9.67. The third-order valence-electron chi connectivity index (χ3n) is 4.84. The maximum absolute atomic E-state index is 11.7. The summed E-state index contributed by atoms with van der Waals surface area (Å²) in [5.74, 6) is -0.297. The first kappa shape index (κ1) is 17.0. The predicted octanol–water partition coefficient (Wildman–Crippen LogP) is 3.26. The molecule has 2 aromatic carbocycles. The van der Waals surface area contributed by atoms with Crippen molar-refractivity contribution in [3.8, 4) is 0 Å². The zero-order valence-electron chi connectivity index (χ0n) is 13.5. The van der Waals surface area contributed by atoms with Crippen molar-refractivity contribution in [2.75, 3.05) is 6.54 Å². The molecule has 24 heavy (non-hydrogen) atoms. The molecule has 4 heteroatoms. The maximum Gasteiger partial charge on any atom is 0.234 e. The van der Waals surface area contributed by atoms with Crippen LogP contribution in [0.25, 0.3) is 0 Å². The number of hydrogen-bond donors (Lipinski definition) is 2. The zero-order valence-corrected chi connectivity index (χ0v) is 14.3. The van der Waals surface area contributed by atoms with E-state index in [0.29, 0.717) is 11.4 Å². The molecule has 1 aliphatic rings. The Bertz CT molecular complexity index is 704. The SMILES string of the molecule is NC(=O)C1CC([CH]Cc2ccccc2)(c2cccc(Cl)c2)CCN1. The number of benzene rings is 2. The Morgan fingerprint density at radius 3 is 2.75 bits per heavy atom. The number of amides is 1. The number of nitrogens with two attached hydrogens (primary N) is 1. The molecule has 0 spiro atoms. The van der Waals surface area contributed by atoms with Gasteiger partial charge in [-0.2, -0.15) is 0 Å². The minimum atomic E-state index is -0.315. The van der Waals surface area contributed by atoms with Gasteiger partial charge in [-0.05, 0) is 55.5 Å². The number of halogens is 1. The summed E-state index contributed by atoms with van der Waals surface area (Å²) in [6.45, 7) is 0.755. The van der Waals surface area contributed by atoms with Crippen molar-refractivity contribution < 1.29 is 4.79 Å². The Morgan fingerprint density at radius 2 is 2.04 bits per heavy atom. The normalized spacial score (nSPS) is 23.8. The van der Waals surface area contributed by atoms with E-state index in [2.05, 4.69) is 29.9 Å². The molecule has 1 amide bonds. The van der Waals surface area contributed by atoms with Crippen LogP contribution < -0.4 is 11.1 Å². The standard InChI is InChI=1S/C20H22ClN2O/c21-17-8-4-7-16(13-17)20(10-9-15-5-2-1-3-6-15)11-12-23-18(14-20)19(22)24/h1-8,10,13,18,23H,9,11-12,14H2,(H2,22,24). The molecule has 3 nitrogen and oxygen atoms in total. The molecule has 1 aliphatic heterocycles. The van der Waals surface area contributed by atoms with Gasteiger partial charge in [-0.15, -0.1) is 0 Å². The first-order valence-electron chi connectivity index (χ1n) is 8.26. The summed E-state index contributed by atoms with van der Waals surface area (Å²) in [5, 5.41) is 3.95. The van der Waals surface area contributed by atoms with Crippen molar-refractivity contribution in [3.05, 3.63) is 77.2 Å². The summed E-state index contributed by atoms with van der Waals surface area (Å²) in [6.07, 6.45) is 4.75. The monoisotopic (exact) mass is 341 g/mol. The lowest BCUT2D eigenvalue weighted by Gasteiger charge is -2.41. The smallest absolute Gasteiger partial charge is 0.234 e. The van der Waals surface area contributed by atoms with E-state index in [9.17, 15) is 4.79 Å². The zero-order chi connectivity index (χ0) is 17.0. The molecule has 3 rings (SSSR count). The summed E-state index contributed by atoms with van der Waals surface area (Å²) in [6, 6.07) is 18.0. The van der Waals surface area contributed by atoms with E-state index in [1.54, 1.807) is 0 Å². The Labute approximate surface area is 148 Å². The van der Waals surface area contributed by atoms with Gasteiger partial charge in [0.25, 0.3) is 0 Å². The topological polar surface area (TPSA) is 55.1 Å². The Hall–Kier alpha value is -1.84. The minimum absolute atomic E-state index is 0.203. The van der Waals surface area contributed by atoms with Gasteiger partial charge in [0, 0.05) is 10.4 Å². The van der Waals surface area contributed by atoms with Gasteiger partial charge in [-0.1, -0.05) is 54.1 Å². The van der Waals surface area contributed by atoms with Crippen molar-refractivity contribution >= 4 is 17.5 Å².